The number of rotatable bonds is 5. The molecule has 0 radical (unpaired) electrons. The number of hydrogen-bond acceptors (Lipinski definition) is 4. The lowest BCUT2D eigenvalue weighted by Crippen LogP contribution is -2.42. The zero-order chi connectivity index (χ0) is 14.5. The first-order valence-electron chi connectivity index (χ1n) is 7.36. The molecule has 0 aliphatic carbocycles. The lowest BCUT2D eigenvalue weighted by Gasteiger charge is -2.31. The van der Waals surface area contributed by atoms with Crippen LogP contribution in [0.5, 0.6) is 0 Å². The average molecular weight is 279 g/mol. The van der Waals surface area contributed by atoms with E-state index in [1.54, 1.807) is 6.20 Å². The van der Waals surface area contributed by atoms with Crippen LogP contribution in [0, 0.1) is 5.92 Å². The summed E-state index contributed by atoms with van der Waals surface area (Å²) in [6, 6.07) is 2.06. The summed E-state index contributed by atoms with van der Waals surface area (Å²) in [4.78, 5) is 14.3. The number of nitrogens with zero attached hydrogens (tertiary/aromatic N) is 3. The number of aromatic nitrogens is 2. The quantitative estimate of drug-likeness (QED) is 0.845. The summed E-state index contributed by atoms with van der Waals surface area (Å²) in [6.07, 6.45) is 4.01. The van der Waals surface area contributed by atoms with Crippen molar-refractivity contribution in [1.29, 1.82) is 0 Å². The maximum absolute atomic E-state index is 12.1. The summed E-state index contributed by atoms with van der Waals surface area (Å²) in [5, 5.41) is 7.15. The number of carbonyl (C=O) groups is 1. The van der Waals surface area contributed by atoms with E-state index in [1.165, 1.54) is 6.42 Å². The molecule has 1 aliphatic rings. The molecule has 1 aromatic heterocycles. The fraction of sp³-hybridized carbons (Fsp3) is 0.714. The van der Waals surface area contributed by atoms with Crippen molar-refractivity contribution in [2.75, 3.05) is 31.5 Å². The van der Waals surface area contributed by atoms with Crippen molar-refractivity contribution >= 4 is 11.7 Å². The van der Waals surface area contributed by atoms with Gasteiger partial charge in [-0.15, -0.1) is 0 Å². The lowest BCUT2D eigenvalue weighted by molar-refractivity contribution is -0.117. The highest BCUT2D eigenvalue weighted by atomic mass is 16.2. The highest BCUT2D eigenvalue weighted by molar-refractivity contribution is 5.91. The van der Waals surface area contributed by atoms with E-state index in [0.717, 1.165) is 25.3 Å². The molecule has 1 fully saturated rings. The number of amides is 1. The second-order valence-electron chi connectivity index (χ2n) is 5.78. The van der Waals surface area contributed by atoms with Crippen LogP contribution in [0.4, 0.5) is 5.82 Å². The third kappa shape index (κ3) is 3.80. The molecule has 2 heterocycles. The summed E-state index contributed by atoms with van der Waals surface area (Å²) in [5.74, 6) is 1.31. The number of nitrogens with one attached hydrogen (secondary N) is 1. The number of nitrogens with two attached hydrogens (primary N) is 1. The monoisotopic (exact) mass is 279 g/mol. The van der Waals surface area contributed by atoms with Gasteiger partial charge in [-0.05, 0) is 45.7 Å². The Morgan fingerprint density at radius 2 is 2.40 bits per heavy atom. The second kappa shape index (κ2) is 6.85. The van der Waals surface area contributed by atoms with Gasteiger partial charge in [0.05, 0.1) is 12.7 Å². The zero-order valence-corrected chi connectivity index (χ0v) is 12.4. The Balaban J connectivity index is 1.87. The van der Waals surface area contributed by atoms with Crippen molar-refractivity contribution in [2.45, 2.75) is 32.7 Å². The minimum absolute atomic E-state index is 0.0186. The van der Waals surface area contributed by atoms with Gasteiger partial charge in [0.2, 0.25) is 5.91 Å². The third-order valence-electron chi connectivity index (χ3n) is 3.73. The molecular weight excluding hydrogens is 254 g/mol. The highest BCUT2D eigenvalue weighted by Gasteiger charge is 2.21. The number of carbonyl (C=O) groups excluding carboxylic acids is 1. The van der Waals surface area contributed by atoms with E-state index in [0.29, 0.717) is 19.0 Å². The Labute approximate surface area is 120 Å². The van der Waals surface area contributed by atoms with E-state index in [4.69, 9.17) is 5.73 Å². The minimum atomic E-state index is 0.0186. The van der Waals surface area contributed by atoms with Crippen LogP contribution in [-0.2, 0) is 4.79 Å². The average Bonchev–Trinajstić information content (AvgIpc) is 2.87. The molecule has 0 saturated carbocycles. The molecule has 6 nitrogen and oxygen atoms in total. The molecule has 6 heteroatoms. The molecule has 1 atom stereocenters. The van der Waals surface area contributed by atoms with E-state index in [2.05, 4.69) is 15.3 Å². The molecule has 1 amide bonds. The van der Waals surface area contributed by atoms with E-state index in [-0.39, 0.29) is 11.9 Å². The van der Waals surface area contributed by atoms with Gasteiger partial charge in [0.1, 0.15) is 5.82 Å². The van der Waals surface area contributed by atoms with Gasteiger partial charge in [0.15, 0.2) is 0 Å². The van der Waals surface area contributed by atoms with Gasteiger partial charge in [-0.25, -0.2) is 4.68 Å². The standard InChI is InChI=1S/C14H25N5O/c1-11(2)19-13(5-6-16-19)17-14(20)10-18-7-3-4-12(8-15)9-18/h5-6,11-12H,3-4,7-10,15H2,1-2H3,(H,17,20). The molecule has 0 spiro atoms. The topological polar surface area (TPSA) is 76.2 Å². The summed E-state index contributed by atoms with van der Waals surface area (Å²) in [5.41, 5.74) is 5.72. The first-order chi connectivity index (χ1) is 9.60. The largest absolute Gasteiger partial charge is 0.330 e. The van der Waals surface area contributed by atoms with Crippen LogP contribution in [0.2, 0.25) is 0 Å². The Morgan fingerprint density at radius 1 is 1.60 bits per heavy atom. The minimum Gasteiger partial charge on any atom is -0.330 e. The lowest BCUT2D eigenvalue weighted by atomic mass is 9.98. The van der Waals surface area contributed by atoms with E-state index >= 15 is 0 Å². The molecule has 1 aromatic rings. The smallest absolute Gasteiger partial charge is 0.239 e. The first kappa shape index (κ1) is 15.0. The molecule has 3 N–H and O–H groups in total. The fourth-order valence-corrected chi connectivity index (χ4v) is 2.70. The van der Waals surface area contributed by atoms with E-state index < -0.39 is 0 Å². The van der Waals surface area contributed by atoms with Crippen LogP contribution >= 0.6 is 0 Å². The van der Waals surface area contributed by atoms with Crippen molar-refractivity contribution in [2.24, 2.45) is 11.7 Å². The van der Waals surface area contributed by atoms with Crippen LogP contribution in [0.3, 0.4) is 0 Å². The van der Waals surface area contributed by atoms with Crippen LogP contribution in [-0.4, -0.2) is 46.8 Å². The Morgan fingerprint density at radius 3 is 3.10 bits per heavy atom. The van der Waals surface area contributed by atoms with Crippen molar-refractivity contribution in [1.82, 2.24) is 14.7 Å². The van der Waals surface area contributed by atoms with Gasteiger partial charge in [-0.1, -0.05) is 0 Å². The predicted octanol–water partition coefficient (Wildman–Crippen LogP) is 1.07. The summed E-state index contributed by atoms with van der Waals surface area (Å²) in [6.45, 7) is 7.12. The van der Waals surface area contributed by atoms with Gasteiger partial charge in [0, 0.05) is 18.7 Å². The number of hydrogen-bond donors (Lipinski definition) is 2. The molecule has 1 saturated heterocycles. The highest BCUT2D eigenvalue weighted by Crippen LogP contribution is 2.16. The SMILES string of the molecule is CC(C)n1nccc1NC(=O)CN1CCCC(CN)C1. The first-order valence-corrected chi connectivity index (χ1v) is 7.36. The van der Waals surface area contributed by atoms with E-state index in [1.807, 2.05) is 24.6 Å². The van der Waals surface area contributed by atoms with Crippen LogP contribution < -0.4 is 11.1 Å². The van der Waals surface area contributed by atoms with Crippen molar-refractivity contribution in [3.05, 3.63) is 12.3 Å². The van der Waals surface area contributed by atoms with E-state index in [9.17, 15) is 4.79 Å². The van der Waals surface area contributed by atoms with Crippen molar-refractivity contribution in [3.63, 3.8) is 0 Å². The molecule has 1 unspecified atom stereocenters. The molecule has 20 heavy (non-hydrogen) atoms. The normalized spacial score (nSPS) is 20.3. The second-order valence-corrected chi connectivity index (χ2v) is 5.78. The molecule has 0 bridgehead atoms. The van der Waals surface area contributed by atoms with Gasteiger partial charge in [0.25, 0.3) is 0 Å². The van der Waals surface area contributed by atoms with Crippen LogP contribution in [0.1, 0.15) is 32.7 Å². The maximum atomic E-state index is 12.1. The Bertz CT molecular complexity index is 443. The summed E-state index contributed by atoms with van der Waals surface area (Å²) in [7, 11) is 0. The number of piperidine rings is 1. The van der Waals surface area contributed by atoms with Gasteiger partial charge in [-0.2, -0.15) is 5.10 Å². The summed E-state index contributed by atoms with van der Waals surface area (Å²) >= 11 is 0. The zero-order valence-electron chi connectivity index (χ0n) is 12.4. The summed E-state index contributed by atoms with van der Waals surface area (Å²) < 4.78 is 1.82. The van der Waals surface area contributed by atoms with Crippen molar-refractivity contribution in [3.8, 4) is 0 Å². The molecule has 112 valence electrons. The molecule has 1 aliphatic heterocycles. The van der Waals surface area contributed by atoms with Crippen LogP contribution in [0.25, 0.3) is 0 Å². The van der Waals surface area contributed by atoms with Gasteiger partial charge >= 0.3 is 0 Å². The van der Waals surface area contributed by atoms with Gasteiger partial charge in [-0.3, -0.25) is 9.69 Å². The molecular formula is C14H25N5O. The number of anilines is 1. The maximum Gasteiger partial charge on any atom is 0.239 e. The fourth-order valence-electron chi connectivity index (χ4n) is 2.70. The van der Waals surface area contributed by atoms with Crippen molar-refractivity contribution < 1.29 is 4.79 Å². The van der Waals surface area contributed by atoms with Gasteiger partial charge < -0.3 is 11.1 Å². The number of likely N-dealkylation sites (tertiary alicyclic amines) is 1. The third-order valence-corrected chi connectivity index (χ3v) is 3.73. The predicted molar refractivity (Wildman–Crippen MR) is 79.5 cm³/mol. The van der Waals surface area contributed by atoms with Crippen LogP contribution in [0.15, 0.2) is 12.3 Å². The Kier molecular flexibility index (Phi) is 5.14. The molecule has 0 aromatic carbocycles. The molecule has 2 rings (SSSR count). The Hall–Kier alpha value is -1.40.